The summed E-state index contributed by atoms with van der Waals surface area (Å²) in [5, 5.41) is 57.5. The van der Waals surface area contributed by atoms with E-state index in [0.717, 1.165) is 50.7 Å². The third-order valence-electron chi connectivity index (χ3n) is 14.5. The lowest BCUT2D eigenvalue weighted by Gasteiger charge is -2.42. The number of rotatable bonds is 47. The Morgan fingerprint density at radius 3 is 1.38 bits per heavy atom. The van der Waals surface area contributed by atoms with Gasteiger partial charge in [0.05, 0.1) is 37.5 Å². The first-order chi connectivity index (χ1) is 34.4. The van der Waals surface area contributed by atoms with Crippen molar-refractivity contribution in [2.75, 3.05) is 13.2 Å². The topological polar surface area (TPSA) is 158 Å². The summed E-state index contributed by atoms with van der Waals surface area (Å²) in [5.41, 5.74) is -0.445. The smallest absolute Gasteiger partial charge is 0.394 e. The molecule has 0 saturated carbocycles. The number of alkyl halides is 3. The number of carbonyl (C=O) groups excluding carboxylic acids is 1. The first-order valence-corrected chi connectivity index (χ1v) is 29.1. The van der Waals surface area contributed by atoms with Gasteiger partial charge in [0.15, 0.2) is 6.29 Å². The van der Waals surface area contributed by atoms with Gasteiger partial charge in [0.1, 0.15) is 30.5 Å². The molecule has 71 heavy (non-hydrogen) atoms. The summed E-state index contributed by atoms with van der Waals surface area (Å²) >= 11 is 0. The van der Waals surface area contributed by atoms with Crippen LogP contribution in [0.2, 0.25) is 0 Å². The maximum Gasteiger partial charge on any atom is 0.416 e. The molecule has 0 unspecified atom stereocenters. The molecule has 13 heteroatoms. The lowest BCUT2D eigenvalue weighted by atomic mass is 9.98. The molecule has 1 aromatic carbocycles. The fourth-order valence-corrected chi connectivity index (χ4v) is 9.79. The summed E-state index contributed by atoms with van der Waals surface area (Å²) in [7, 11) is 0. The number of nitrogens with one attached hydrogen (secondary N) is 1. The minimum atomic E-state index is -4.50. The number of halogens is 3. The highest BCUT2D eigenvalue weighted by Crippen LogP contribution is 2.30. The molecule has 416 valence electrons. The minimum absolute atomic E-state index is 0.227. The first-order valence-electron chi connectivity index (χ1n) is 29.1. The summed E-state index contributed by atoms with van der Waals surface area (Å²) in [4.78, 5) is 13.3. The lowest BCUT2D eigenvalue weighted by Crippen LogP contribution is -2.61. The maximum atomic E-state index is 13.3. The van der Waals surface area contributed by atoms with Gasteiger partial charge in [-0.1, -0.05) is 244 Å². The molecule has 10 nitrogen and oxygen atoms in total. The van der Waals surface area contributed by atoms with Crippen molar-refractivity contribution < 1.29 is 57.7 Å². The van der Waals surface area contributed by atoms with Crippen LogP contribution in [0.25, 0.3) is 0 Å². The molecule has 8 atom stereocenters. The highest BCUT2D eigenvalue weighted by Gasteiger charge is 2.46. The molecular formula is C58H104F3NO9. The van der Waals surface area contributed by atoms with Crippen LogP contribution in [0, 0.1) is 0 Å². The van der Waals surface area contributed by atoms with Crippen LogP contribution in [0.3, 0.4) is 0 Å². The number of hydrogen-bond acceptors (Lipinski definition) is 9. The Hall–Kier alpha value is -1.84. The third kappa shape index (κ3) is 31.6. The number of benzene rings is 1. The second-order valence-electron chi connectivity index (χ2n) is 20.9. The van der Waals surface area contributed by atoms with E-state index >= 15 is 0 Å². The van der Waals surface area contributed by atoms with Crippen molar-refractivity contribution in [1.29, 1.82) is 0 Å². The van der Waals surface area contributed by atoms with Gasteiger partial charge in [-0.3, -0.25) is 4.79 Å². The maximum absolute atomic E-state index is 13.3. The summed E-state index contributed by atoms with van der Waals surface area (Å²) in [5.74, 6) is -0.297. The molecular weight excluding hydrogens is 912 g/mol. The second-order valence-corrected chi connectivity index (χ2v) is 20.9. The zero-order valence-corrected chi connectivity index (χ0v) is 44.7. The molecule has 0 spiro atoms. The highest BCUT2D eigenvalue weighted by molar-refractivity contribution is 5.76. The van der Waals surface area contributed by atoms with Crippen LogP contribution in [0.1, 0.15) is 263 Å². The van der Waals surface area contributed by atoms with Gasteiger partial charge in [-0.15, -0.1) is 0 Å². The average molecular weight is 1020 g/mol. The molecule has 1 fully saturated rings. The van der Waals surface area contributed by atoms with Crippen LogP contribution < -0.4 is 5.32 Å². The van der Waals surface area contributed by atoms with E-state index in [-0.39, 0.29) is 25.5 Å². The minimum Gasteiger partial charge on any atom is -0.394 e. The van der Waals surface area contributed by atoms with Gasteiger partial charge in [0.25, 0.3) is 0 Å². The molecule has 0 bridgehead atoms. The van der Waals surface area contributed by atoms with Crippen molar-refractivity contribution >= 4 is 5.91 Å². The number of unbranched alkanes of at least 4 members (excludes halogenated alkanes) is 33. The molecule has 1 aliphatic heterocycles. The van der Waals surface area contributed by atoms with Crippen molar-refractivity contribution in [3.05, 3.63) is 35.4 Å². The van der Waals surface area contributed by atoms with Crippen LogP contribution in [0.15, 0.2) is 24.3 Å². The number of amides is 1. The van der Waals surface area contributed by atoms with Crippen LogP contribution in [0.5, 0.6) is 0 Å². The first kappa shape index (κ1) is 65.3. The Kier molecular flexibility index (Phi) is 39.0. The van der Waals surface area contributed by atoms with Crippen molar-refractivity contribution in [2.45, 2.75) is 313 Å². The van der Waals surface area contributed by atoms with Gasteiger partial charge >= 0.3 is 6.18 Å². The van der Waals surface area contributed by atoms with E-state index in [1.165, 1.54) is 185 Å². The predicted molar refractivity (Wildman–Crippen MR) is 280 cm³/mol. The van der Waals surface area contributed by atoms with E-state index in [4.69, 9.17) is 14.2 Å². The molecule has 1 amide bonds. The number of ether oxygens (including phenoxy) is 3. The van der Waals surface area contributed by atoms with Crippen molar-refractivity contribution in [2.24, 2.45) is 0 Å². The zero-order valence-electron chi connectivity index (χ0n) is 44.7. The predicted octanol–water partition coefficient (Wildman–Crippen LogP) is 13.7. The second kappa shape index (κ2) is 42.4. The quantitative estimate of drug-likeness (QED) is 0.0350. The Labute approximate surface area is 429 Å². The number of hydrogen-bond donors (Lipinski definition) is 6. The van der Waals surface area contributed by atoms with Gasteiger partial charge in [0, 0.05) is 6.42 Å². The highest BCUT2D eigenvalue weighted by atomic mass is 19.4. The Morgan fingerprint density at radius 1 is 0.592 bits per heavy atom. The molecule has 2 rings (SSSR count). The number of aliphatic hydroxyl groups excluding tert-OH is 5. The SMILES string of the molecule is CCCCCCCCCCCCCCCCCCCCCCCCCC(=O)N[C@@H](CO[C@H]1O[C@H](CO)[C@H](OCc2ccc(C(F)(F)F)cc2)[C@H](O)[C@H]1O)[C@H](O)[C@H](O)CCCCCCCCCCCCCC. The normalized spacial score (nSPS) is 19.8. The average Bonchev–Trinajstić information content (AvgIpc) is 3.36. The largest absolute Gasteiger partial charge is 0.416 e. The van der Waals surface area contributed by atoms with Crippen molar-refractivity contribution in [3.63, 3.8) is 0 Å². The number of aliphatic hydroxyl groups is 5. The molecule has 0 aromatic heterocycles. The van der Waals surface area contributed by atoms with E-state index in [9.17, 15) is 43.5 Å². The van der Waals surface area contributed by atoms with E-state index in [1.807, 2.05) is 0 Å². The Morgan fingerprint density at radius 2 is 0.986 bits per heavy atom. The molecule has 1 saturated heterocycles. The van der Waals surface area contributed by atoms with E-state index < -0.39 is 67.3 Å². The summed E-state index contributed by atoms with van der Waals surface area (Å²) in [6, 6.07) is 3.25. The number of carbonyl (C=O) groups is 1. The Balaban J connectivity index is 1.74. The van der Waals surface area contributed by atoms with Crippen molar-refractivity contribution in [1.82, 2.24) is 5.32 Å². The standard InChI is InChI=1S/C58H104F3NO9/c1-3-5-7-9-11-13-15-17-18-19-20-21-22-23-24-25-26-27-29-31-33-35-37-39-52(65)62-49(53(66)50(64)38-36-34-32-30-28-16-14-12-10-8-6-4-2)46-70-57-55(68)54(67)56(51(44-63)71-57)69-45-47-40-42-48(43-41-47)58(59,60)61/h40-43,49-51,53-57,63-64,66-68H,3-39,44-46H2,1-2H3,(H,62,65)/t49-,50+,51+,53-,54+,55+,56-,57-/m0/s1. The van der Waals surface area contributed by atoms with Gasteiger partial charge in [-0.25, -0.2) is 0 Å². The van der Waals surface area contributed by atoms with E-state index in [2.05, 4.69) is 19.2 Å². The van der Waals surface area contributed by atoms with Crippen LogP contribution in [-0.4, -0.2) is 93.6 Å². The summed E-state index contributed by atoms with van der Waals surface area (Å²) in [6.07, 6.45) is 29.9. The monoisotopic (exact) mass is 1020 g/mol. The molecule has 0 radical (unpaired) electrons. The van der Waals surface area contributed by atoms with Crippen LogP contribution in [0.4, 0.5) is 13.2 Å². The van der Waals surface area contributed by atoms with Gasteiger partial charge in [-0.05, 0) is 30.5 Å². The molecule has 0 aliphatic carbocycles. The molecule has 1 heterocycles. The van der Waals surface area contributed by atoms with Gasteiger partial charge in [-0.2, -0.15) is 13.2 Å². The lowest BCUT2D eigenvalue weighted by molar-refractivity contribution is -0.310. The fourth-order valence-electron chi connectivity index (χ4n) is 9.79. The van der Waals surface area contributed by atoms with Gasteiger partial charge < -0.3 is 45.1 Å². The van der Waals surface area contributed by atoms with Crippen LogP contribution in [-0.2, 0) is 31.8 Å². The van der Waals surface area contributed by atoms with E-state index in [1.54, 1.807) is 0 Å². The fraction of sp³-hybridized carbons (Fsp3) is 0.879. The van der Waals surface area contributed by atoms with E-state index in [0.29, 0.717) is 24.8 Å². The molecule has 1 aromatic rings. The third-order valence-corrected chi connectivity index (χ3v) is 14.5. The van der Waals surface area contributed by atoms with Crippen LogP contribution >= 0.6 is 0 Å². The van der Waals surface area contributed by atoms with Gasteiger partial charge in [0.2, 0.25) is 5.91 Å². The van der Waals surface area contributed by atoms with Crippen molar-refractivity contribution in [3.8, 4) is 0 Å². The molecule has 1 aliphatic rings. The summed E-state index contributed by atoms with van der Waals surface area (Å²) in [6.45, 7) is 3.27. The molecule has 6 N–H and O–H groups in total. The zero-order chi connectivity index (χ0) is 51.8. The Bertz CT molecular complexity index is 1370. The summed E-state index contributed by atoms with van der Waals surface area (Å²) < 4.78 is 56.5.